The molecular formula is C21H30N4. The summed E-state index contributed by atoms with van der Waals surface area (Å²) in [6, 6.07) is 2.44. The number of H-pyrrole nitrogens is 1. The molecule has 0 radical (unpaired) electrons. The fourth-order valence-electron chi connectivity index (χ4n) is 3.39. The van der Waals surface area contributed by atoms with Gasteiger partial charge in [-0.25, -0.2) is 9.97 Å². The number of nitrogens with one attached hydrogen (secondary N) is 2. The van der Waals surface area contributed by atoms with Crippen molar-refractivity contribution in [3.63, 3.8) is 0 Å². The van der Waals surface area contributed by atoms with Crippen molar-refractivity contribution < 1.29 is 0 Å². The lowest BCUT2D eigenvalue weighted by molar-refractivity contribution is 0.772. The van der Waals surface area contributed by atoms with Crippen molar-refractivity contribution in [1.29, 1.82) is 0 Å². The number of hydrogen-bond donors (Lipinski definition) is 2. The average Bonchev–Trinajstić information content (AvgIpc) is 3.36. The molecule has 4 heteroatoms. The smallest absolute Gasteiger partial charge is 0.143 e. The number of unbranched alkanes of at least 4 members (excludes halogenated alkanes) is 1. The molecule has 2 heterocycles. The fraction of sp³-hybridized carbons (Fsp3) is 0.524. The lowest BCUT2D eigenvalue weighted by atomic mass is 9.98. The van der Waals surface area contributed by atoms with Gasteiger partial charge in [0.25, 0.3) is 0 Å². The van der Waals surface area contributed by atoms with Crippen LogP contribution in [0.2, 0.25) is 0 Å². The van der Waals surface area contributed by atoms with Crippen LogP contribution in [0.3, 0.4) is 0 Å². The third-order valence-electron chi connectivity index (χ3n) is 5.03. The molecule has 1 unspecified atom stereocenters. The van der Waals surface area contributed by atoms with E-state index < -0.39 is 0 Å². The molecule has 2 aromatic heterocycles. The van der Waals surface area contributed by atoms with Gasteiger partial charge in [0, 0.05) is 11.7 Å². The fourth-order valence-corrected chi connectivity index (χ4v) is 3.39. The molecule has 1 atom stereocenters. The van der Waals surface area contributed by atoms with E-state index in [-0.39, 0.29) is 6.04 Å². The summed E-state index contributed by atoms with van der Waals surface area (Å²) in [4.78, 5) is 12.4. The van der Waals surface area contributed by atoms with Gasteiger partial charge in [0.2, 0.25) is 0 Å². The number of aromatic nitrogens is 3. The summed E-state index contributed by atoms with van der Waals surface area (Å²) in [5, 5.41) is 4.72. The van der Waals surface area contributed by atoms with Crippen LogP contribution in [-0.4, -0.2) is 21.0 Å². The number of allylic oxidation sites excluding steroid dienone is 2. The van der Waals surface area contributed by atoms with E-state index in [1.807, 2.05) is 0 Å². The van der Waals surface area contributed by atoms with Crippen molar-refractivity contribution in [3.8, 4) is 0 Å². The molecule has 3 rings (SSSR count). The molecule has 1 saturated carbocycles. The van der Waals surface area contributed by atoms with Crippen molar-refractivity contribution in [2.75, 3.05) is 5.32 Å². The first-order valence-electron chi connectivity index (χ1n) is 9.56. The molecule has 0 saturated heterocycles. The van der Waals surface area contributed by atoms with Gasteiger partial charge in [0.05, 0.1) is 5.39 Å². The summed E-state index contributed by atoms with van der Waals surface area (Å²) < 4.78 is 0. The Morgan fingerprint density at radius 3 is 2.88 bits per heavy atom. The van der Waals surface area contributed by atoms with Crippen molar-refractivity contribution in [1.82, 2.24) is 15.0 Å². The second-order valence-corrected chi connectivity index (χ2v) is 7.19. The summed E-state index contributed by atoms with van der Waals surface area (Å²) in [5.74, 6) is 1.61. The minimum absolute atomic E-state index is 0.213. The Balaban J connectivity index is 1.85. The Morgan fingerprint density at radius 2 is 2.20 bits per heavy atom. The zero-order chi connectivity index (χ0) is 17.8. The summed E-state index contributed by atoms with van der Waals surface area (Å²) >= 11 is 0. The molecule has 25 heavy (non-hydrogen) atoms. The highest BCUT2D eigenvalue weighted by Gasteiger charge is 2.26. The lowest BCUT2D eigenvalue weighted by Gasteiger charge is -2.19. The van der Waals surface area contributed by atoms with E-state index in [1.165, 1.54) is 42.5 Å². The molecule has 4 nitrogen and oxygen atoms in total. The van der Waals surface area contributed by atoms with Crippen LogP contribution in [0.4, 0.5) is 5.82 Å². The van der Waals surface area contributed by atoms with Gasteiger partial charge in [-0.05, 0) is 64.0 Å². The topological polar surface area (TPSA) is 53.6 Å². The first-order chi connectivity index (χ1) is 12.1. The summed E-state index contributed by atoms with van der Waals surface area (Å²) in [5.41, 5.74) is 5.05. The van der Waals surface area contributed by atoms with Gasteiger partial charge in [0.15, 0.2) is 0 Å². The SMILES string of the molecule is C/C=C\C(=C(/C)CCCC)C(C)Nc1ncnc2[nH]c(C3CC3)cc12. The van der Waals surface area contributed by atoms with Crippen LogP contribution in [0, 0.1) is 0 Å². The number of nitrogens with zero attached hydrogens (tertiary/aromatic N) is 2. The third kappa shape index (κ3) is 4.12. The lowest BCUT2D eigenvalue weighted by Crippen LogP contribution is -2.19. The zero-order valence-electron chi connectivity index (χ0n) is 15.9. The van der Waals surface area contributed by atoms with Crippen LogP contribution in [0.5, 0.6) is 0 Å². The predicted molar refractivity (Wildman–Crippen MR) is 106 cm³/mol. The van der Waals surface area contributed by atoms with Crippen LogP contribution >= 0.6 is 0 Å². The van der Waals surface area contributed by atoms with Crippen LogP contribution in [0.25, 0.3) is 11.0 Å². The van der Waals surface area contributed by atoms with Gasteiger partial charge in [-0.3, -0.25) is 0 Å². The number of anilines is 1. The largest absolute Gasteiger partial charge is 0.363 e. The average molecular weight is 338 g/mol. The Bertz CT molecular complexity index is 780. The molecule has 0 aliphatic heterocycles. The van der Waals surface area contributed by atoms with E-state index >= 15 is 0 Å². The Hall–Kier alpha value is -2.10. The van der Waals surface area contributed by atoms with E-state index in [1.54, 1.807) is 6.33 Å². The molecule has 1 aliphatic rings. The third-order valence-corrected chi connectivity index (χ3v) is 5.03. The summed E-state index contributed by atoms with van der Waals surface area (Å²) in [6.45, 7) is 8.79. The van der Waals surface area contributed by atoms with Crippen LogP contribution in [0.1, 0.15) is 71.4 Å². The number of rotatable bonds is 8. The molecule has 0 amide bonds. The quantitative estimate of drug-likeness (QED) is 0.605. The van der Waals surface area contributed by atoms with Gasteiger partial charge < -0.3 is 10.3 Å². The second kappa shape index (κ2) is 7.85. The maximum absolute atomic E-state index is 4.52. The molecule has 0 bridgehead atoms. The summed E-state index contributed by atoms with van der Waals surface area (Å²) in [6.07, 6.45) is 12.2. The minimum Gasteiger partial charge on any atom is -0.363 e. The molecule has 2 aromatic rings. The molecule has 0 aromatic carbocycles. The predicted octanol–water partition coefficient (Wildman–Crippen LogP) is 5.72. The van der Waals surface area contributed by atoms with Gasteiger partial charge >= 0.3 is 0 Å². The Labute approximate surface area is 150 Å². The van der Waals surface area contributed by atoms with Crippen molar-refractivity contribution >= 4 is 16.9 Å². The highest BCUT2D eigenvalue weighted by atomic mass is 15.1. The molecule has 134 valence electrons. The van der Waals surface area contributed by atoms with Gasteiger partial charge in [-0.1, -0.05) is 31.1 Å². The highest BCUT2D eigenvalue weighted by Crippen LogP contribution is 2.41. The van der Waals surface area contributed by atoms with E-state index in [0.29, 0.717) is 5.92 Å². The normalized spacial score (nSPS) is 17.1. The van der Waals surface area contributed by atoms with Gasteiger partial charge in [-0.2, -0.15) is 0 Å². The standard InChI is InChI=1S/C21H30N4/c1-5-7-9-14(3)17(8-6-2)15(4)24-20-18-12-19(16-10-11-16)25-21(18)23-13-22-20/h6,8,12-13,15-16H,5,7,9-11H2,1-4H3,(H2,22,23,24,25)/b8-6-,17-14-. The first kappa shape index (κ1) is 17.7. The minimum atomic E-state index is 0.213. The van der Waals surface area contributed by atoms with E-state index in [0.717, 1.165) is 23.3 Å². The molecule has 1 aliphatic carbocycles. The molecular weight excluding hydrogens is 308 g/mol. The van der Waals surface area contributed by atoms with Gasteiger partial charge in [-0.15, -0.1) is 0 Å². The van der Waals surface area contributed by atoms with Crippen molar-refractivity contribution in [3.05, 3.63) is 41.4 Å². The molecule has 0 spiro atoms. The van der Waals surface area contributed by atoms with Crippen LogP contribution in [-0.2, 0) is 0 Å². The second-order valence-electron chi connectivity index (χ2n) is 7.19. The Kier molecular flexibility index (Phi) is 5.57. The van der Waals surface area contributed by atoms with Crippen molar-refractivity contribution in [2.24, 2.45) is 0 Å². The maximum atomic E-state index is 4.52. The van der Waals surface area contributed by atoms with E-state index in [2.05, 4.69) is 66.2 Å². The molecule has 1 fully saturated rings. The highest BCUT2D eigenvalue weighted by molar-refractivity contribution is 5.88. The van der Waals surface area contributed by atoms with Crippen molar-refractivity contribution in [2.45, 2.75) is 71.8 Å². The number of hydrogen-bond acceptors (Lipinski definition) is 3. The molecule has 2 N–H and O–H groups in total. The first-order valence-corrected chi connectivity index (χ1v) is 9.56. The zero-order valence-corrected chi connectivity index (χ0v) is 15.9. The maximum Gasteiger partial charge on any atom is 0.143 e. The summed E-state index contributed by atoms with van der Waals surface area (Å²) in [7, 11) is 0. The monoisotopic (exact) mass is 338 g/mol. The number of aromatic amines is 1. The Morgan fingerprint density at radius 1 is 1.40 bits per heavy atom. The van der Waals surface area contributed by atoms with Crippen LogP contribution < -0.4 is 5.32 Å². The van der Waals surface area contributed by atoms with E-state index in [4.69, 9.17) is 0 Å². The van der Waals surface area contributed by atoms with Gasteiger partial charge in [0.1, 0.15) is 17.8 Å². The van der Waals surface area contributed by atoms with Crippen LogP contribution in [0.15, 0.2) is 35.7 Å². The van der Waals surface area contributed by atoms with E-state index in [9.17, 15) is 0 Å². The number of fused-ring (bicyclic) bond motifs is 1.